The lowest BCUT2D eigenvalue weighted by atomic mass is 9.78. The van der Waals surface area contributed by atoms with Crippen molar-refractivity contribution in [2.75, 3.05) is 0 Å². The molecule has 2 aliphatic heterocycles. The van der Waals surface area contributed by atoms with Crippen LogP contribution in [0.4, 0.5) is 0 Å². The second-order valence-electron chi connectivity index (χ2n) is 7.41. The summed E-state index contributed by atoms with van der Waals surface area (Å²) in [5.74, 6) is 0.664. The molecular formula is C15H26O4. The minimum absolute atomic E-state index is 0.0581. The molecule has 2 saturated heterocycles. The fourth-order valence-corrected chi connectivity index (χ4v) is 3.89. The van der Waals surface area contributed by atoms with Gasteiger partial charge in [0.15, 0.2) is 0 Å². The Hall–Kier alpha value is -0.160. The van der Waals surface area contributed by atoms with Crippen LogP contribution in [0.5, 0.6) is 0 Å². The van der Waals surface area contributed by atoms with E-state index in [4.69, 9.17) is 9.47 Å². The van der Waals surface area contributed by atoms with Gasteiger partial charge in [-0.3, -0.25) is 0 Å². The smallest absolute Gasteiger partial charge is 0.113 e. The molecule has 0 aromatic heterocycles. The molecule has 4 heteroatoms. The number of aliphatic hydroxyl groups excluding tert-OH is 2. The Balaban J connectivity index is 1.81. The van der Waals surface area contributed by atoms with E-state index in [1.165, 1.54) is 0 Å². The lowest BCUT2D eigenvalue weighted by Gasteiger charge is -2.28. The molecule has 3 rings (SSSR count). The van der Waals surface area contributed by atoms with E-state index in [1.54, 1.807) is 0 Å². The first-order chi connectivity index (χ1) is 8.77. The van der Waals surface area contributed by atoms with Crippen molar-refractivity contribution < 1.29 is 19.7 Å². The monoisotopic (exact) mass is 270 g/mol. The highest BCUT2D eigenvalue weighted by molar-refractivity contribution is 5.12. The van der Waals surface area contributed by atoms with Crippen molar-refractivity contribution in [2.45, 2.75) is 82.6 Å². The number of aliphatic hydroxyl groups is 2. The average molecular weight is 270 g/mol. The van der Waals surface area contributed by atoms with E-state index in [0.29, 0.717) is 12.3 Å². The molecule has 110 valence electrons. The van der Waals surface area contributed by atoms with Crippen LogP contribution in [0.2, 0.25) is 0 Å². The summed E-state index contributed by atoms with van der Waals surface area (Å²) in [5.41, 5.74) is -0.583. The fraction of sp³-hybridized carbons (Fsp3) is 1.00. The van der Waals surface area contributed by atoms with E-state index in [9.17, 15) is 10.2 Å². The van der Waals surface area contributed by atoms with Crippen molar-refractivity contribution in [2.24, 2.45) is 11.8 Å². The molecule has 1 aliphatic carbocycles. The summed E-state index contributed by atoms with van der Waals surface area (Å²) >= 11 is 0. The lowest BCUT2D eigenvalue weighted by molar-refractivity contribution is 0.0459. The van der Waals surface area contributed by atoms with Crippen LogP contribution >= 0.6 is 0 Å². The van der Waals surface area contributed by atoms with Gasteiger partial charge in [0, 0.05) is 6.42 Å². The van der Waals surface area contributed by atoms with Crippen molar-refractivity contribution in [3.63, 3.8) is 0 Å². The average Bonchev–Trinajstić information content (AvgIpc) is 3.14. The Morgan fingerprint density at radius 3 is 2.32 bits per heavy atom. The summed E-state index contributed by atoms with van der Waals surface area (Å²) in [7, 11) is 0. The molecular weight excluding hydrogens is 244 g/mol. The molecule has 2 N–H and O–H groups in total. The minimum atomic E-state index is -0.484. The maximum atomic E-state index is 10.6. The summed E-state index contributed by atoms with van der Waals surface area (Å²) in [4.78, 5) is 0. The maximum Gasteiger partial charge on any atom is 0.113 e. The first-order valence-electron chi connectivity index (χ1n) is 7.49. The molecule has 0 aromatic carbocycles. The van der Waals surface area contributed by atoms with Gasteiger partial charge in [0.25, 0.3) is 0 Å². The van der Waals surface area contributed by atoms with E-state index in [0.717, 1.165) is 12.8 Å². The van der Waals surface area contributed by atoms with Crippen LogP contribution < -0.4 is 0 Å². The molecule has 0 spiro atoms. The van der Waals surface area contributed by atoms with Gasteiger partial charge < -0.3 is 19.7 Å². The van der Waals surface area contributed by atoms with E-state index in [-0.39, 0.29) is 29.3 Å². The Morgan fingerprint density at radius 1 is 1.05 bits per heavy atom. The fourth-order valence-electron chi connectivity index (χ4n) is 3.89. The van der Waals surface area contributed by atoms with Gasteiger partial charge in [-0.05, 0) is 38.5 Å². The number of fused-ring (bicyclic) bond motifs is 2. The normalized spacial score (nSPS) is 57.3. The molecule has 4 nitrogen and oxygen atoms in total. The number of hydrogen-bond acceptors (Lipinski definition) is 4. The Labute approximate surface area is 115 Å². The molecule has 0 radical (unpaired) electrons. The molecule has 7 atom stereocenters. The summed E-state index contributed by atoms with van der Waals surface area (Å²) in [6.45, 7) is 8.37. The topological polar surface area (TPSA) is 65.5 Å². The number of hydrogen-bond donors (Lipinski definition) is 2. The first-order valence-corrected chi connectivity index (χ1v) is 7.49. The standard InChI is InChI=1S/C15H26O4/c1-8(2)9-5-6-14(3)12(18-14)10(16)7-15(4)13(19-15)11(9)17/h8-13,16-17H,5-7H2,1-4H3/t9-,10+,11+,12+,13+,14-,15-/m0/s1. The number of ether oxygens (including phenoxy) is 2. The van der Waals surface area contributed by atoms with Crippen molar-refractivity contribution in [1.82, 2.24) is 0 Å². The zero-order valence-electron chi connectivity index (χ0n) is 12.3. The van der Waals surface area contributed by atoms with E-state index >= 15 is 0 Å². The van der Waals surface area contributed by atoms with Crippen LogP contribution in [0.1, 0.15) is 47.0 Å². The highest BCUT2D eigenvalue weighted by Crippen LogP contribution is 2.52. The summed E-state index contributed by atoms with van der Waals surface area (Å²) in [5, 5.41) is 20.8. The summed E-state index contributed by atoms with van der Waals surface area (Å²) in [6, 6.07) is 0. The third-order valence-electron chi connectivity index (χ3n) is 5.42. The quantitative estimate of drug-likeness (QED) is 0.708. The van der Waals surface area contributed by atoms with Gasteiger partial charge in [0.1, 0.15) is 12.2 Å². The molecule has 19 heavy (non-hydrogen) atoms. The van der Waals surface area contributed by atoms with Gasteiger partial charge >= 0.3 is 0 Å². The van der Waals surface area contributed by atoms with Crippen LogP contribution in [0, 0.1) is 11.8 Å². The summed E-state index contributed by atoms with van der Waals surface area (Å²) in [6.07, 6.45) is 1.28. The zero-order valence-corrected chi connectivity index (χ0v) is 12.3. The van der Waals surface area contributed by atoms with Crippen molar-refractivity contribution in [3.05, 3.63) is 0 Å². The van der Waals surface area contributed by atoms with Gasteiger partial charge in [0.2, 0.25) is 0 Å². The van der Waals surface area contributed by atoms with Crippen LogP contribution in [-0.4, -0.2) is 45.8 Å². The van der Waals surface area contributed by atoms with Gasteiger partial charge in [-0.15, -0.1) is 0 Å². The van der Waals surface area contributed by atoms with Crippen molar-refractivity contribution in [1.29, 1.82) is 0 Å². The van der Waals surface area contributed by atoms with Crippen molar-refractivity contribution >= 4 is 0 Å². The van der Waals surface area contributed by atoms with Crippen molar-refractivity contribution in [3.8, 4) is 0 Å². The Morgan fingerprint density at radius 2 is 1.68 bits per heavy atom. The first kappa shape index (κ1) is 13.8. The molecule has 0 bridgehead atoms. The summed E-state index contributed by atoms with van der Waals surface area (Å²) < 4.78 is 11.5. The van der Waals surface area contributed by atoms with Crippen LogP contribution in [-0.2, 0) is 9.47 Å². The van der Waals surface area contributed by atoms with Crippen LogP contribution in [0.25, 0.3) is 0 Å². The zero-order chi connectivity index (χ0) is 14.0. The highest BCUT2D eigenvalue weighted by atomic mass is 16.6. The third kappa shape index (κ3) is 2.23. The molecule has 2 heterocycles. The number of rotatable bonds is 1. The van der Waals surface area contributed by atoms with Crippen LogP contribution in [0.15, 0.2) is 0 Å². The Bertz CT molecular complexity index is 371. The molecule has 0 amide bonds. The molecule has 0 unspecified atom stereocenters. The van der Waals surface area contributed by atoms with Gasteiger partial charge in [0.05, 0.1) is 23.4 Å². The maximum absolute atomic E-state index is 10.6. The van der Waals surface area contributed by atoms with Crippen LogP contribution in [0.3, 0.4) is 0 Å². The number of epoxide rings is 2. The highest BCUT2D eigenvalue weighted by Gasteiger charge is 2.64. The molecule has 1 saturated carbocycles. The second-order valence-corrected chi connectivity index (χ2v) is 7.41. The van der Waals surface area contributed by atoms with E-state index in [2.05, 4.69) is 20.8 Å². The van der Waals surface area contributed by atoms with Gasteiger partial charge in [-0.25, -0.2) is 0 Å². The molecule has 3 aliphatic rings. The van der Waals surface area contributed by atoms with Gasteiger partial charge in [-0.1, -0.05) is 13.8 Å². The lowest BCUT2D eigenvalue weighted by Crippen LogP contribution is -2.38. The predicted molar refractivity (Wildman–Crippen MR) is 70.7 cm³/mol. The second kappa shape index (κ2) is 4.17. The molecule has 0 aromatic rings. The Kier molecular flexibility index (Phi) is 3.03. The van der Waals surface area contributed by atoms with E-state index in [1.807, 2.05) is 6.92 Å². The predicted octanol–water partition coefficient (Wildman–Crippen LogP) is 1.48. The van der Waals surface area contributed by atoms with Gasteiger partial charge in [-0.2, -0.15) is 0 Å². The SMILES string of the molecule is CC(C)[C@@H]1CC[C@]2(C)O[C@@H]2[C@H](O)C[C@]2(C)O[C@@H]2[C@@H]1O. The largest absolute Gasteiger partial charge is 0.390 e. The van der Waals surface area contributed by atoms with E-state index < -0.39 is 12.2 Å². The third-order valence-corrected chi connectivity index (χ3v) is 5.42. The minimum Gasteiger partial charge on any atom is -0.390 e. The molecule has 3 fully saturated rings.